The van der Waals surface area contributed by atoms with Gasteiger partial charge in [0.1, 0.15) is 0 Å². The van der Waals surface area contributed by atoms with Gasteiger partial charge in [-0.1, -0.05) is 5.16 Å². The van der Waals surface area contributed by atoms with Gasteiger partial charge in [-0.15, -0.1) is 0 Å². The summed E-state index contributed by atoms with van der Waals surface area (Å²) >= 11 is 0. The van der Waals surface area contributed by atoms with E-state index in [0.717, 1.165) is 44.3 Å². The van der Waals surface area contributed by atoms with Crippen molar-refractivity contribution in [3.05, 3.63) is 17.5 Å². The molecule has 2 saturated heterocycles. The lowest BCUT2D eigenvalue weighted by Gasteiger charge is -2.37. The monoisotopic (exact) mass is 303 g/mol. The van der Waals surface area contributed by atoms with Gasteiger partial charge in [0.05, 0.1) is 11.1 Å². The molecule has 0 unspecified atom stereocenters. The molecule has 2 amide bonds. The molecule has 0 N–H and O–H groups in total. The van der Waals surface area contributed by atoms with Crippen molar-refractivity contribution in [1.82, 2.24) is 15.0 Å². The van der Waals surface area contributed by atoms with E-state index in [1.165, 1.54) is 0 Å². The molecule has 6 heteroatoms. The van der Waals surface area contributed by atoms with Crippen LogP contribution in [0.3, 0.4) is 0 Å². The smallest absolute Gasteiger partial charge is 0.292 e. The Kier molecular flexibility index (Phi) is 3.03. The fraction of sp³-hybridized carbons (Fsp3) is 0.688. The van der Waals surface area contributed by atoms with Crippen molar-refractivity contribution >= 4 is 11.8 Å². The topological polar surface area (TPSA) is 66.7 Å². The molecule has 3 heterocycles. The second kappa shape index (κ2) is 4.83. The Morgan fingerprint density at radius 3 is 2.95 bits per heavy atom. The number of hydrogen-bond acceptors (Lipinski definition) is 4. The molecular formula is C16H21N3O3. The van der Waals surface area contributed by atoms with Gasteiger partial charge in [0.25, 0.3) is 5.91 Å². The third kappa shape index (κ3) is 2.12. The minimum atomic E-state index is -0.373. The Morgan fingerprint density at radius 2 is 2.18 bits per heavy atom. The van der Waals surface area contributed by atoms with E-state index in [2.05, 4.69) is 5.16 Å². The van der Waals surface area contributed by atoms with Crippen LogP contribution in [0.2, 0.25) is 0 Å². The van der Waals surface area contributed by atoms with E-state index in [1.54, 1.807) is 15.9 Å². The minimum absolute atomic E-state index is 0.127. The SMILES string of the molecule is CN1CCC[C@]2(CCN(C(=O)c3cc(C4CC4)no3)C2)C1=O. The molecule has 0 aromatic carbocycles. The summed E-state index contributed by atoms with van der Waals surface area (Å²) in [6.45, 7) is 1.95. The van der Waals surface area contributed by atoms with Crippen LogP contribution in [0.5, 0.6) is 0 Å². The van der Waals surface area contributed by atoms with Gasteiger partial charge in [0, 0.05) is 38.7 Å². The molecule has 3 aliphatic rings. The molecule has 4 rings (SSSR count). The second-order valence-corrected chi connectivity index (χ2v) is 6.98. The molecule has 1 saturated carbocycles. The number of aromatic nitrogens is 1. The first-order valence-electron chi connectivity index (χ1n) is 8.10. The maximum absolute atomic E-state index is 12.6. The molecule has 22 heavy (non-hydrogen) atoms. The van der Waals surface area contributed by atoms with Crippen LogP contribution in [0, 0.1) is 5.41 Å². The van der Waals surface area contributed by atoms with Gasteiger partial charge >= 0.3 is 0 Å². The van der Waals surface area contributed by atoms with Gasteiger partial charge in [-0.25, -0.2) is 0 Å². The standard InChI is InChI=1S/C16H21N3O3/c1-18-7-2-5-16(15(18)21)6-8-19(10-16)14(20)13-9-12(17-22-13)11-3-4-11/h9,11H,2-8,10H2,1H3/t16-/m1/s1. The highest BCUT2D eigenvalue weighted by atomic mass is 16.5. The summed E-state index contributed by atoms with van der Waals surface area (Å²) in [6, 6.07) is 1.78. The molecular weight excluding hydrogens is 282 g/mol. The number of amides is 2. The summed E-state index contributed by atoms with van der Waals surface area (Å²) in [5.74, 6) is 0.849. The number of likely N-dealkylation sites (tertiary alicyclic amines) is 2. The zero-order chi connectivity index (χ0) is 15.3. The predicted octanol–water partition coefficient (Wildman–Crippen LogP) is 1.64. The Labute approximate surface area is 129 Å². The van der Waals surface area contributed by atoms with Crippen LogP contribution in [0.15, 0.2) is 10.6 Å². The molecule has 1 atom stereocenters. The Morgan fingerprint density at radius 1 is 1.36 bits per heavy atom. The van der Waals surface area contributed by atoms with Gasteiger partial charge in [-0.2, -0.15) is 0 Å². The number of piperidine rings is 1. The third-order valence-corrected chi connectivity index (χ3v) is 5.33. The van der Waals surface area contributed by atoms with Crippen LogP contribution in [-0.4, -0.2) is 53.5 Å². The molecule has 0 radical (unpaired) electrons. The molecule has 6 nitrogen and oxygen atoms in total. The third-order valence-electron chi connectivity index (χ3n) is 5.33. The van der Waals surface area contributed by atoms with Crippen LogP contribution < -0.4 is 0 Å². The Balaban J connectivity index is 1.49. The van der Waals surface area contributed by atoms with E-state index in [4.69, 9.17) is 4.52 Å². The highest BCUT2D eigenvalue weighted by molar-refractivity contribution is 5.93. The second-order valence-electron chi connectivity index (χ2n) is 6.98. The van der Waals surface area contributed by atoms with Crippen molar-refractivity contribution in [1.29, 1.82) is 0 Å². The van der Waals surface area contributed by atoms with Crippen LogP contribution in [0.4, 0.5) is 0 Å². The number of carbonyl (C=O) groups excluding carboxylic acids is 2. The normalized spacial score (nSPS) is 28.7. The van der Waals surface area contributed by atoms with Gasteiger partial charge in [0.15, 0.2) is 0 Å². The predicted molar refractivity (Wildman–Crippen MR) is 78.3 cm³/mol. The summed E-state index contributed by atoms with van der Waals surface area (Å²) < 4.78 is 5.23. The highest BCUT2D eigenvalue weighted by Crippen LogP contribution is 2.41. The Hall–Kier alpha value is -1.85. The van der Waals surface area contributed by atoms with E-state index in [9.17, 15) is 9.59 Å². The molecule has 1 aromatic heterocycles. The summed E-state index contributed by atoms with van der Waals surface area (Å²) in [5.41, 5.74) is 0.521. The van der Waals surface area contributed by atoms with Gasteiger partial charge < -0.3 is 14.3 Å². The fourth-order valence-electron chi connectivity index (χ4n) is 3.81. The number of nitrogens with zero attached hydrogens (tertiary/aromatic N) is 3. The van der Waals surface area contributed by atoms with Gasteiger partial charge in [-0.05, 0) is 32.1 Å². The number of rotatable bonds is 2. The lowest BCUT2D eigenvalue weighted by molar-refractivity contribution is -0.143. The molecule has 3 fully saturated rings. The van der Waals surface area contributed by atoms with Crippen molar-refractivity contribution in [2.24, 2.45) is 5.41 Å². The van der Waals surface area contributed by atoms with Crippen LogP contribution in [-0.2, 0) is 4.79 Å². The molecule has 1 aromatic rings. The maximum Gasteiger partial charge on any atom is 0.292 e. The van der Waals surface area contributed by atoms with Crippen molar-refractivity contribution in [3.63, 3.8) is 0 Å². The zero-order valence-corrected chi connectivity index (χ0v) is 12.9. The average Bonchev–Trinajstić information content (AvgIpc) is 3.10. The van der Waals surface area contributed by atoms with E-state index >= 15 is 0 Å². The van der Waals surface area contributed by atoms with Crippen molar-refractivity contribution < 1.29 is 14.1 Å². The fourth-order valence-corrected chi connectivity index (χ4v) is 3.81. The largest absolute Gasteiger partial charge is 0.351 e. The van der Waals surface area contributed by atoms with Gasteiger partial charge in [0.2, 0.25) is 11.7 Å². The lowest BCUT2D eigenvalue weighted by atomic mass is 9.78. The molecule has 2 aliphatic heterocycles. The van der Waals surface area contributed by atoms with Gasteiger partial charge in [-0.3, -0.25) is 9.59 Å². The number of carbonyl (C=O) groups is 2. The van der Waals surface area contributed by atoms with Crippen molar-refractivity contribution in [2.45, 2.75) is 38.0 Å². The Bertz CT molecular complexity index is 622. The lowest BCUT2D eigenvalue weighted by Crippen LogP contribution is -2.48. The first-order chi connectivity index (χ1) is 10.6. The number of hydrogen-bond donors (Lipinski definition) is 0. The molecule has 1 aliphatic carbocycles. The first-order valence-corrected chi connectivity index (χ1v) is 8.10. The van der Waals surface area contributed by atoms with E-state index in [-0.39, 0.29) is 17.2 Å². The molecule has 0 bridgehead atoms. The van der Waals surface area contributed by atoms with Crippen LogP contribution >= 0.6 is 0 Å². The van der Waals surface area contributed by atoms with Crippen LogP contribution in [0.25, 0.3) is 0 Å². The molecule has 118 valence electrons. The van der Waals surface area contributed by atoms with E-state index < -0.39 is 0 Å². The van der Waals surface area contributed by atoms with Crippen LogP contribution in [0.1, 0.15) is 54.3 Å². The highest BCUT2D eigenvalue weighted by Gasteiger charge is 2.49. The van der Waals surface area contributed by atoms with E-state index in [1.807, 2.05) is 7.05 Å². The summed E-state index contributed by atoms with van der Waals surface area (Å²) in [5, 5.41) is 4.00. The summed E-state index contributed by atoms with van der Waals surface area (Å²) in [6.07, 6.45) is 4.91. The summed E-state index contributed by atoms with van der Waals surface area (Å²) in [4.78, 5) is 28.7. The van der Waals surface area contributed by atoms with Crippen molar-refractivity contribution in [2.75, 3.05) is 26.7 Å². The maximum atomic E-state index is 12.6. The quantitative estimate of drug-likeness (QED) is 0.833. The minimum Gasteiger partial charge on any atom is -0.351 e. The molecule has 1 spiro atoms. The zero-order valence-electron chi connectivity index (χ0n) is 12.9. The van der Waals surface area contributed by atoms with E-state index in [0.29, 0.717) is 24.8 Å². The summed E-state index contributed by atoms with van der Waals surface area (Å²) in [7, 11) is 1.85. The van der Waals surface area contributed by atoms with Crippen molar-refractivity contribution in [3.8, 4) is 0 Å². The average molecular weight is 303 g/mol. The first kappa shape index (κ1) is 13.8.